The Morgan fingerprint density at radius 1 is 0.375 bits per heavy atom. The highest BCUT2D eigenvalue weighted by atomic mass is 16.5. The quantitative estimate of drug-likeness (QED) is 0.0417. The van der Waals surface area contributed by atoms with Crippen LogP contribution in [0.3, 0.4) is 0 Å². The van der Waals surface area contributed by atoms with Crippen LogP contribution < -0.4 is 5.32 Å². The second kappa shape index (κ2) is 54.5. The van der Waals surface area contributed by atoms with Gasteiger partial charge in [-0.15, -0.1) is 0 Å². The largest absolute Gasteiger partial charge is 0.466 e. The van der Waals surface area contributed by atoms with Crippen molar-refractivity contribution in [2.24, 2.45) is 0 Å². The topological polar surface area (TPSA) is 95.9 Å². The number of hydrogen-bond donors (Lipinski definition) is 3. The lowest BCUT2D eigenvalue weighted by Gasteiger charge is -2.22. The maximum atomic E-state index is 12.4. The molecule has 6 nitrogen and oxygen atoms in total. The summed E-state index contributed by atoms with van der Waals surface area (Å²) in [6.07, 6.45) is 62.5. The Hall–Kier alpha value is -1.14. The SMILES string of the molecule is CCCCCCCCCCCCCCCCCC(=O)OCCCCCCCCCCCCCCCCCCCCCCCCC(=O)NC(CO)C(O)CCCCCCCCCCCC. The number of carbonyl (C=O) groups excluding carboxylic acids is 2. The smallest absolute Gasteiger partial charge is 0.305 e. The summed E-state index contributed by atoms with van der Waals surface area (Å²) in [5.74, 6) is -0.0182. The molecule has 382 valence electrons. The van der Waals surface area contributed by atoms with Gasteiger partial charge in [-0.25, -0.2) is 0 Å². The summed E-state index contributed by atoms with van der Waals surface area (Å²) in [7, 11) is 0. The van der Waals surface area contributed by atoms with Crippen molar-refractivity contribution < 1.29 is 24.5 Å². The van der Waals surface area contributed by atoms with E-state index in [0.29, 0.717) is 25.9 Å². The third kappa shape index (κ3) is 50.3. The van der Waals surface area contributed by atoms with Crippen molar-refractivity contribution in [3.8, 4) is 0 Å². The van der Waals surface area contributed by atoms with Crippen molar-refractivity contribution in [1.29, 1.82) is 0 Å². The fourth-order valence-corrected chi connectivity index (χ4v) is 9.41. The highest BCUT2D eigenvalue weighted by molar-refractivity contribution is 5.76. The van der Waals surface area contributed by atoms with E-state index in [1.165, 1.54) is 263 Å². The van der Waals surface area contributed by atoms with Crippen molar-refractivity contribution in [2.45, 2.75) is 347 Å². The number of rotatable bonds is 55. The molecule has 2 atom stereocenters. The van der Waals surface area contributed by atoms with Gasteiger partial charge in [0.05, 0.1) is 25.4 Å². The Morgan fingerprint density at radius 2 is 0.641 bits per heavy atom. The maximum Gasteiger partial charge on any atom is 0.305 e. The van der Waals surface area contributed by atoms with Gasteiger partial charge in [-0.05, 0) is 25.7 Å². The van der Waals surface area contributed by atoms with Crippen LogP contribution in [0.4, 0.5) is 0 Å². The van der Waals surface area contributed by atoms with Gasteiger partial charge in [0.15, 0.2) is 0 Å². The third-order valence-corrected chi connectivity index (χ3v) is 13.9. The van der Waals surface area contributed by atoms with E-state index in [0.717, 1.165) is 38.5 Å². The minimum absolute atomic E-state index is 0.0168. The number of hydrogen-bond acceptors (Lipinski definition) is 5. The predicted molar refractivity (Wildman–Crippen MR) is 278 cm³/mol. The third-order valence-electron chi connectivity index (χ3n) is 13.9. The molecular weight excluding hydrogens is 791 g/mol. The van der Waals surface area contributed by atoms with Crippen LogP contribution in [0, 0.1) is 0 Å². The molecule has 0 rings (SSSR count). The monoisotopic (exact) mass is 906 g/mol. The van der Waals surface area contributed by atoms with Gasteiger partial charge in [-0.2, -0.15) is 0 Å². The number of ether oxygens (including phenoxy) is 1. The van der Waals surface area contributed by atoms with Gasteiger partial charge in [0, 0.05) is 12.8 Å². The second-order valence-corrected chi connectivity index (χ2v) is 20.3. The molecule has 0 saturated carbocycles. The van der Waals surface area contributed by atoms with E-state index in [1.807, 2.05) is 0 Å². The van der Waals surface area contributed by atoms with E-state index < -0.39 is 12.1 Å². The first kappa shape index (κ1) is 62.9. The van der Waals surface area contributed by atoms with Gasteiger partial charge in [0.25, 0.3) is 0 Å². The Balaban J connectivity index is 3.33. The lowest BCUT2D eigenvalue weighted by atomic mass is 10.0. The molecule has 0 fully saturated rings. The van der Waals surface area contributed by atoms with Crippen LogP contribution in [0.1, 0.15) is 335 Å². The summed E-state index contributed by atoms with van der Waals surface area (Å²) in [6.45, 7) is 4.96. The number of amides is 1. The molecule has 2 unspecified atom stereocenters. The number of unbranched alkanes of at least 4 members (excludes halogenated alkanes) is 44. The second-order valence-electron chi connectivity index (χ2n) is 20.3. The van der Waals surface area contributed by atoms with E-state index in [4.69, 9.17) is 4.74 Å². The van der Waals surface area contributed by atoms with Crippen LogP contribution in [0.5, 0.6) is 0 Å². The van der Waals surface area contributed by atoms with Crippen molar-refractivity contribution in [3.63, 3.8) is 0 Å². The summed E-state index contributed by atoms with van der Waals surface area (Å²) < 4.78 is 5.49. The van der Waals surface area contributed by atoms with E-state index in [-0.39, 0.29) is 18.5 Å². The summed E-state index contributed by atoms with van der Waals surface area (Å²) in [5, 5.41) is 23.1. The molecule has 1 amide bonds. The summed E-state index contributed by atoms with van der Waals surface area (Å²) >= 11 is 0. The fraction of sp³-hybridized carbons (Fsp3) is 0.966. The zero-order chi connectivity index (χ0) is 46.5. The number of esters is 1. The van der Waals surface area contributed by atoms with Crippen molar-refractivity contribution in [3.05, 3.63) is 0 Å². The van der Waals surface area contributed by atoms with Crippen LogP contribution in [-0.2, 0) is 14.3 Å². The average molecular weight is 907 g/mol. The van der Waals surface area contributed by atoms with E-state index in [2.05, 4.69) is 19.2 Å². The van der Waals surface area contributed by atoms with Crippen molar-refractivity contribution in [2.75, 3.05) is 13.2 Å². The molecule has 0 spiro atoms. The maximum absolute atomic E-state index is 12.4. The minimum atomic E-state index is -0.661. The molecule has 64 heavy (non-hydrogen) atoms. The minimum Gasteiger partial charge on any atom is -0.466 e. The van der Waals surface area contributed by atoms with Crippen LogP contribution >= 0.6 is 0 Å². The number of aliphatic hydroxyl groups is 2. The van der Waals surface area contributed by atoms with Crippen LogP contribution in [0.15, 0.2) is 0 Å². The zero-order valence-electron chi connectivity index (χ0n) is 43.5. The van der Waals surface area contributed by atoms with Gasteiger partial charge >= 0.3 is 5.97 Å². The summed E-state index contributed by atoms with van der Waals surface area (Å²) in [6, 6.07) is -0.538. The first-order valence-corrected chi connectivity index (χ1v) is 29.3. The average Bonchev–Trinajstić information content (AvgIpc) is 3.29. The van der Waals surface area contributed by atoms with Crippen molar-refractivity contribution >= 4 is 11.9 Å². The standard InChI is InChI=1S/C58H115NO5/c1-3-5-7-9-11-13-15-16-25-29-32-36-40-44-48-52-58(63)64-53-49-45-41-37-33-30-27-24-22-20-18-17-19-21-23-26-28-31-35-39-43-47-51-57(62)59-55(54-60)56(61)50-46-42-38-34-14-12-10-8-6-4-2/h55-56,60-61H,3-54H2,1-2H3,(H,59,62). The normalized spacial score (nSPS) is 12.5. The van der Waals surface area contributed by atoms with Gasteiger partial charge in [0.1, 0.15) is 0 Å². The molecule has 0 aliphatic rings. The molecule has 0 aliphatic carbocycles. The first-order valence-electron chi connectivity index (χ1n) is 29.3. The Bertz CT molecular complexity index is 913. The Labute approximate surface area is 400 Å². The Kier molecular flexibility index (Phi) is 53.5. The van der Waals surface area contributed by atoms with Gasteiger partial charge < -0.3 is 20.3 Å². The molecule has 0 aromatic heterocycles. The molecular formula is C58H115NO5. The summed E-state index contributed by atoms with van der Waals surface area (Å²) in [5.41, 5.74) is 0. The number of carbonyl (C=O) groups is 2. The van der Waals surface area contributed by atoms with E-state index in [9.17, 15) is 19.8 Å². The van der Waals surface area contributed by atoms with Gasteiger partial charge in [0.2, 0.25) is 5.91 Å². The van der Waals surface area contributed by atoms with Crippen LogP contribution in [0.2, 0.25) is 0 Å². The number of nitrogens with one attached hydrogen (secondary N) is 1. The molecule has 0 aromatic rings. The van der Waals surface area contributed by atoms with Crippen LogP contribution in [0.25, 0.3) is 0 Å². The molecule has 0 aromatic carbocycles. The zero-order valence-corrected chi connectivity index (χ0v) is 43.5. The molecule has 0 aliphatic heterocycles. The fourth-order valence-electron chi connectivity index (χ4n) is 9.41. The predicted octanol–water partition coefficient (Wildman–Crippen LogP) is 17.9. The molecule has 0 saturated heterocycles. The summed E-state index contributed by atoms with van der Waals surface area (Å²) in [4.78, 5) is 24.5. The van der Waals surface area contributed by atoms with E-state index in [1.54, 1.807) is 0 Å². The highest BCUT2D eigenvalue weighted by Crippen LogP contribution is 2.18. The van der Waals surface area contributed by atoms with Crippen LogP contribution in [-0.4, -0.2) is 47.4 Å². The van der Waals surface area contributed by atoms with Crippen molar-refractivity contribution in [1.82, 2.24) is 5.32 Å². The molecule has 3 N–H and O–H groups in total. The molecule has 0 heterocycles. The highest BCUT2D eigenvalue weighted by Gasteiger charge is 2.20. The first-order chi connectivity index (χ1) is 31.5. The van der Waals surface area contributed by atoms with E-state index >= 15 is 0 Å². The Morgan fingerprint density at radius 3 is 0.953 bits per heavy atom. The number of aliphatic hydroxyl groups excluding tert-OH is 2. The molecule has 6 heteroatoms. The molecule has 0 radical (unpaired) electrons. The lowest BCUT2D eigenvalue weighted by Crippen LogP contribution is -2.45. The molecule has 0 bridgehead atoms. The van der Waals surface area contributed by atoms with Gasteiger partial charge in [-0.1, -0.05) is 296 Å². The lowest BCUT2D eigenvalue weighted by molar-refractivity contribution is -0.143. The van der Waals surface area contributed by atoms with Gasteiger partial charge in [-0.3, -0.25) is 9.59 Å².